The molecule has 1 aromatic rings. The van der Waals surface area contributed by atoms with E-state index in [4.69, 9.17) is 10.3 Å². The van der Waals surface area contributed by atoms with Crippen molar-refractivity contribution in [3.63, 3.8) is 0 Å². The Hall–Kier alpha value is -0.990. The summed E-state index contributed by atoms with van der Waals surface area (Å²) in [6.07, 6.45) is 10.2. The van der Waals surface area contributed by atoms with Gasteiger partial charge in [-0.1, -0.05) is 5.16 Å². The summed E-state index contributed by atoms with van der Waals surface area (Å²) in [5.41, 5.74) is 7.48. The molecular formula is C13H18N2O. The van der Waals surface area contributed by atoms with Gasteiger partial charge in [0.15, 0.2) is 0 Å². The molecule has 0 amide bonds. The predicted molar refractivity (Wildman–Crippen MR) is 60.8 cm³/mol. The average Bonchev–Trinajstić information content (AvgIpc) is 2.62. The minimum Gasteiger partial charge on any atom is -0.367 e. The van der Waals surface area contributed by atoms with Crippen LogP contribution >= 0.6 is 0 Å². The van der Waals surface area contributed by atoms with Crippen LogP contribution in [0, 0.1) is 17.8 Å². The highest BCUT2D eigenvalue weighted by Gasteiger charge is 2.52. The normalized spacial score (nSPS) is 45.1. The standard InChI is InChI=1S/C13H18N2O/c14-12-11(7-15-16-12)13-4-8-1-9(5-13)3-10(2-8)6-13/h7-10H,1-6,14H2. The molecule has 2 N–H and O–H groups in total. The second-order valence-electron chi connectivity index (χ2n) is 6.30. The van der Waals surface area contributed by atoms with Gasteiger partial charge in [0.2, 0.25) is 5.88 Å². The quantitative estimate of drug-likeness (QED) is 0.788. The lowest BCUT2D eigenvalue weighted by atomic mass is 9.48. The van der Waals surface area contributed by atoms with E-state index >= 15 is 0 Å². The largest absolute Gasteiger partial charge is 0.367 e. The zero-order valence-electron chi connectivity index (χ0n) is 9.48. The Morgan fingerprint density at radius 2 is 1.69 bits per heavy atom. The van der Waals surface area contributed by atoms with E-state index < -0.39 is 0 Å². The highest BCUT2D eigenvalue weighted by Crippen LogP contribution is 2.61. The van der Waals surface area contributed by atoms with Crippen LogP contribution in [0.15, 0.2) is 10.7 Å². The summed E-state index contributed by atoms with van der Waals surface area (Å²) in [7, 11) is 0. The topological polar surface area (TPSA) is 52.0 Å². The minimum atomic E-state index is 0.332. The van der Waals surface area contributed by atoms with Crippen molar-refractivity contribution >= 4 is 5.88 Å². The molecule has 1 aromatic heterocycles. The number of hydrogen-bond acceptors (Lipinski definition) is 3. The third-order valence-electron chi connectivity index (χ3n) is 5.21. The number of rotatable bonds is 1. The van der Waals surface area contributed by atoms with Crippen molar-refractivity contribution in [2.45, 2.75) is 43.9 Å². The molecule has 4 saturated carbocycles. The number of anilines is 1. The summed E-state index contributed by atoms with van der Waals surface area (Å²) in [6.45, 7) is 0. The van der Waals surface area contributed by atoms with Crippen LogP contribution in [0.2, 0.25) is 0 Å². The van der Waals surface area contributed by atoms with Crippen molar-refractivity contribution in [3.05, 3.63) is 11.8 Å². The van der Waals surface area contributed by atoms with Gasteiger partial charge in [0.1, 0.15) is 0 Å². The molecule has 4 fully saturated rings. The van der Waals surface area contributed by atoms with Gasteiger partial charge in [0.05, 0.1) is 6.20 Å². The number of aromatic nitrogens is 1. The summed E-state index contributed by atoms with van der Waals surface area (Å²) in [5, 5.41) is 3.88. The monoisotopic (exact) mass is 218 g/mol. The first kappa shape index (κ1) is 9.08. The Kier molecular flexibility index (Phi) is 1.60. The van der Waals surface area contributed by atoms with Crippen molar-refractivity contribution in [2.75, 3.05) is 5.73 Å². The van der Waals surface area contributed by atoms with Crippen LogP contribution in [0.5, 0.6) is 0 Å². The second-order valence-corrected chi connectivity index (χ2v) is 6.30. The Morgan fingerprint density at radius 1 is 1.12 bits per heavy atom. The maximum absolute atomic E-state index is 5.93. The molecule has 0 radical (unpaired) electrons. The van der Waals surface area contributed by atoms with E-state index in [2.05, 4.69) is 5.16 Å². The Balaban J connectivity index is 1.79. The van der Waals surface area contributed by atoms with Gasteiger partial charge < -0.3 is 10.3 Å². The van der Waals surface area contributed by atoms with E-state index in [0.717, 1.165) is 17.8 Å². The van der Waals surface area contributed by atoms with Crippen LogP contribution in [0.4, 0.5) is 5.88 Å². The van der Waals surface area contributed by atoms with Crippen LogP contribution in [0.25, 0.3) is 0 Å². The molecule has 0 atom stereocenters. The van der Waals surface area contributed by atoms with E-state index in [0.29, 0.717) is 11.3 Å². The molecule has 5 rings (SSSR count). The Labute approximate surface area is 95.4 Å². The van der Waals surface area contributed by atoms with Gasteiger partial charge in [-0.15, -0.1) is 0 Å². The first-order valence-electron chi connectivity index (χ1n) is 6.46. The summed E-state index contributed by atoms with van der Waals surface area (Å²) >= 11 is 0. The molecule has 0 saturated heterocycles. The molecule has 4 aliphatic carbocycles. The van der Waals surface area contributed by atoms with E-state index in [1.165, 1.54) is 44.1 Å². The van der Waals surface area contributed by atoms with E-state index in [1.807, 2.05) is 6.20 Å². The van der Waals surface area contributed by atoms with Crippen molar-refractivity contribution < 1.29 is 4.52 Å². The maximum atomic E-state index is 5.93. The van der Waals surface area contributed by atoms with Gasteiger partial charge in [-0.3, -0.25) is 0 Å². The zero-order chi connectivity index (χ0) is 10.8. The van der Waals surface area contributed by atoms with Gasteiger partial charge >= 0.3 is 0 Å². The van der Waals surface area contributed by atoms with Gasteiger partial charge in [-0.05, 0) is 56.3 Å². The summed E-state index contributed by atoms with van der Waals surface area (Å²) < 4.78 is 5.08. The lowest BCUT2D eigenvalue weighted by Crippen LogP contribution is -2.48. The van der Waals surface area contributed by atoms with Crippen LogP contribution in [-0.2, 0) is 5.41 Å². The molecule has 16 heavy (non-hydrogen) atoms. The van der Waals surface area contributed by atoms with Crippen LogP contribution in [0.1, 0.15) is 44.1 Å². The summed E-state index contributed by atoms with van der Waals surface area (Å²) in [5.74, 6) is 3.41. The minimum absolute atomic E-state index is 0.332. The number of hydrogen-bond donors (Lipinski definition) is 1. The van der Waals surface area contributed by atoms with Gasteiger partial charge in [-0.2, -0.15) is 0 Å². The van der Waals surface area contributed by atoms with E-state index in [9.17, 15) is 0 Å². The number of nitrogens with two attached hydrogens (primary N) is 1. The highest BCUT2D eigenvalue weighted by molar-refractivity contribution is 5.42. The Morgan fingerprint density at radius 3 is 2.12 bits per heavy atom. The Bertz CT molecular complexity index is 388. The lowest BCUT2D eigenvalue weighted by Gasteiger charge is -2.56. The van der Waals surface area contributed by atoms with E-state index in [-0.39, 0.29) is 0 Å². The van der Waals surface area contributed by atoms with Crippen molar-refractivity contribution in [1.82, 2.24) is 5.16 Å². The molecule has 3 nitrogen and oxygen atoms in total. The molecule has 0 aliphatic heterocycles. The molecule has 4 bridgehead atoms. The van der Waals surface area contributed by atoms with Crippen molar-refractivity contribution in [3.8, 4) is 0 Å². The highest BCUT2D eigenvalue weighted by atomic mass is 16.5. The molecule has 1 heterocycles. The number of nitrogens with zero attached hydrogens (tertiary/aromatic N) is 1. The molecule has 0 aromatic carbocycles. The average molecular weight is 218 g/mol. The molecule has 0 unspecified atom stereocenters. The van der Waals surface area contributed by atoms with Gasteiger partial charge in [0.25, 0.3) is 0 Å². The lowest BCUT2D eigenvalue weighted by molar-refractivity contribution is -0.00499. The smallest absolute Gasteiger partial charge is 0.225 e. The molecule has 86 valence electrons. The second kappa shape index (κ2) is 2.82. The van der Waals surface area contributed by atoms with Crippen LogP contribution in [-0.4, -0.2) is 5.16 Å². The summed E-state index contributed by atoms with van der Waals surface area (Å²) in [4.78, 5) is 0. The molecular weight excluding hydrogens is 200 g/mol. The fraction of sp³-hybridized carbons (Fsp3) is 0.769. The third kappa shape index (κ3) is 1.06. The molecule has 0 spiro atoms. The molecule has 4 aliphatic rings. The first-order chi connectivity index (χ1) is 7.75. The van der Waals surface area contributed by atoms with Gasteiger partial charge in [-0.25, -0.2) is 0 Å². The fourth-order valence-corrected chi connectivity index (χ4v) is 5.09. The zero-order valence-corrected chi connectivity index (χ0v) is 9.48. The first-order valence-corrected chi connectivity index (χ1v) is 6.46. The predicted octanol–water partition coefficient (Wildman–Crippen LogP) is 2.72. The van der Waals surface area contributed by atoms with Crippen molar-refractivity contribution in [2.24, 2.45) is 17.8 Å². The van der Waals surface area contributed by atoms with Crippen LogP contribution in [0.3, 0.4) is 0 Å². The fourth-order valence-electron chi connectivity index (χ4n) is 5.09. The SMILES string of the molecule is Nc1oncc1C12CC3CC(CC(C3)C1)C2. The summed E-state index contributed by atoms with van der Waals surface area (Å²) in [6, 6.07) is 0. The molecule has 3 heteroatoms. The third-order valence-corrected chi connectivity index (χ3v) is 5.21. The number of nitrogen functional groups attached to an aromatic ring is 1. The maximum Gasteiger partial charge on any atom is 0.225 e. The van der Waals surface area contributed by atoms with Crippen molar-refractivity contribution in [1.29, 1.82) is 0 Å². The van der Waals surface area contributed by atoms with E-state index in [1.54, 1.807) is 0 Å². The van der Waals surface area contributed by atoms with Gasteiger partial charge in [0, 0.05) is 11.0 Å². The van der Waals surface area contributed by atoms with Crippen LogP contribution < -0.4 is 5.73 Å².